The lowest BCUT2D eigenvalue weighted by Crippen LogP contribution is -2.46. The van der Waals surface area contributed by atoms with Crippen LogP contribution in [0.5, 0.6) is 0 Å². The summed E-state index contributed by atoms with van der Waals surface area (Å²) < 4.78 is 6.08. The maximum atomic E-state index is 10.9. The third kappa shape index (κ3) is 3.22. The van der Waals surface area contributed by atoms with Gasteiger partial charge in [-0.1, -0.05) is 6.57 Å². The first-order valence-electron chi connectivity index (χ1n) is 5.71. The second-order valence-electron chi connectivity index (χ2n) is 4.13. The second-order valence-corrected chi connectivity index (χ2v) is 5.04. The van der Waals surface area contributed by atoms with E-state index < -0.39 is 5.97 Å². The highest BCUT2D eigenvalue weighted by atomic mass is 79.9. The van der Waals surface area contributed by atoms with E-state index in [9.17, 15) is 4.79 Å². The zero-order valence-electron chi connectivity index (χ0n) is 10.0. The standard InChI is InChI=1S/C12H12BrN3O3/c1-14-12-10(4-8(13)6-15-12)16-2-3-19-7-9(16)5-11(17)18/h4,6,9H,2-3,5,7H2,(H,17,18). The highest BCUT2D eigenvalue weighted by Gasteiger charge is 2.27. The lowest BCUT2D eigenvalue weighted by Gasteiger charge is -2.37. The molecule has 1 unspecified atom stereocenters. The van der Waals surface area contributed by atoms with Crippen LogP contribution in [0.25, 0.3) is 4.85 Å². The van der Waals surface area contributed by atoms with Gasteiger partial charge < -0.3 is 19.6 Å². The second kappa shape index (κ2) is 5.99. The predicted molar refractivity (Wildman–Crippen MR) is 72.4 cm³/mol. The number of carboxylic acids is 1. The zero-order valence-corrected chi connectivity index (χ0v) is 11.6. The molecule has 0 saturated carbocycles. The number of anilines is 1. The van der Waals surface area contributed by atoms with Crippen LogP contribution in [-0.2, 0) is 9.53 Å². The highest BCUT2D eigenvalue weighted by molar-refractivity contribution is 9.10. The van der Waals surface area contributed by atoms with E-state index in [0.29, 0.717) is 25.4 Å². The molecule has 1 aliphatic heterocycles. The summed E-state index contributed by atoms with van der Waals surface area (Å²) in [6.07, 6.45) is 1.54. The van der Waals surface area contributed by atoms with Gasteiger partial charge in [0.05, 0.1) is 35.8 Å². The zero-order chi connectivity index (χ0) is 13.8. The van der Waals surface area contributed by atoms with Gasteiger partial charge in [-0.15, -0.1) is 4.98 Å². The minimum atomic E-state index is -0.882. The smallest absolute Gasteiger partial charge is 0.305 e. The van der Waals surface area contributed by atoms with Crippen LogP contribution in [0.15, 0.2) is 16.7 Å². The average Bonchev–Trinajstić information content (AvgIpc) is 2.38. The molecule has 0 aliphatic carbocycles. The molecule has 1 aromatic heterocycles. The topological polar surface area (TPSA) is 67.0 Å². The van der Waals surface area contributed by atoms with Crippen molar-refractivity contribution in [2.45, 2.75) is 12.5 Å². The number of aromatic nitrogens is 1. The molecular weight excluding hydrogens is 314 g/mol. The minimum absolute atomic E-state index is 0.0239. The maximum Gasteiger partial charge on any atom is 0.305 e. The monoisotopic (exact) mass is 325 g/mol. The van der Waals surface area contributed by atoms with Gasteiger partial charge in [-0.25, -0.2) is 0 Å². The van der Waals surface area contributed by atoms with E-state index in [4.69, 9.17) is 16.4 Å². The molecule has 19 heavy (non-hydrogen) atoms. The van der Waals surface area contributed by atoms with Gasteiger partial charge in [-0.3, -0.25) is 4.79 Å². The third-order valence-electron chi connectivity index (χ3n) is 2.87. The Morgan fingerprint density at radius 2 is 2.53 bits per heavy atom. The number of carbonyl (C=O) groups is 1. The van der Waals surface area contributed by atoms with Crippen LogP contribution in [0.1, 0.15) is 6.42 Å². The molecule has 0 aromatic carbocycles. The summed E-state index contributed by atoms with van der Waals surface area (Å²) in [5, 5.41) is 8.94. The van der Waals surface area contributed by atoms with E-state index >= 15 is 0 Å². The molecule has 1 fully saturated rings. The summed E-state index contributed by atoms with van der Waals surface area (Å²) in [4.78, 5) is 20.2. The number of ether oxygens (including phenoxy) is 1. The Kier molecular flexibility index (Phi) is 4.35. The normalized spacial score (nSPS) is 18.9. The molecule has 0 amide bonds. The predicted octanol–water partition coefficient (Wildman–Crippen LogP) is 2.07. The average molecular weight is 326 g/mol. The molecule has 6 nitrogen and oxygen atoms in total. The number of morpholine rings is 1. The van der Waals surface area contributed by atoms with Gasteiger partial charge in [-0.2, -0.15) is 0 Å². The van der Waals surface area contributed by atoms with E-state index in [1.807, 2.05) is 4.90 Å². The van der Waals surface area contributed by atoms with Crippen molar-refractivity contribution in [3.8, 4) is 0 Å². The number of aliphatic carboxylic acids is 1. The lowest BCUT2D eigenvalue weighted by molar-refractivity contribution is -0.138. The van der Waals surface area contributed by atoms with Crippen LogP contribution in [0.3, 0.4) is 0 Å². The van der Waals surface area contributed by atoms with Gasteiger partial charge >= 0.3 is 5.97 Å². The fourth-order valence-corrected chi connectivity index (χ4v) is 2.38. The number of nitrogens with zero attached hydrogens (tertiary/aromatic N) is 3. The lowest BCUT2D eigenvalue weighted by atomic mass is 10.1. The quantitative estimate of drug-likeness (QED) is 0.862. The molecule has 1 aromatic rings. The van der Waals surface area contributed by atoms with E-state index in [2.05, 4.69) is 25.8 Å². The van der Waals surface area contributed by atoms with Gasteiger partial charge in [-0.05, 0) is 22.0 Å². The Balaban J connectivity index is 2.34. The Bertz CT molecular complexity index is 529. The van der Waals surface area contributed by atoms with Gasteiger partial charge in [0.25, 0.3) is 5.82 Å². The first-order chi connectivity index (χ1) is 9.11. The van der Waals surface area contributed by atoms with Crippen molar-refractivity contribution >= 4 is 33.4 Å². The number of pyridine rings is 1. The summed E-state index contributed by atoms with van der Waals surface area (Å²) in [5.41, 5.74) is 0.652. The Morgan fingerprint density at radius 1 is 1.74 bits per heavy atom. The molecule has 0 radical (unpaired) electrons. The number of halogens is 1. The summed E-state index contributed by atoms with van der Waals surface area (Å²) in [5.74, 6) is -0.603. The SMILES string of the molecule is [C-]#[N+]c1ncc(Br)cc1N1CCOCC1CC(=O)O. The molecule has 1 N–H and O–H groups in total. The van der Waals surface area contributed by atoms with E-state index in [-0.39, 0.29) is 18.3 Å². The van der Waals surface area contributed by atoms with E-state index in [1.54, 1.807) is 12.3 Å². The van der Waals surface area contributed by atoms with Crippen molar-refractivity contribution in [2.75, 3.05) is 24.7 Å². The van der Waals surface area contributed by atoms with Crippen LogP contribution in [0.2, 0.25) is 0 Å². The number of rotatable bonds is 3. The van der Waals surface area contributed by atoms with Crippen molar-refractivity contribution in [3.05, 3.63) is 28.2 Å². The summed E-state index contributed by atoms with van der Waals surface area (Å²) >= 11 is 3.32. The molecule has 1 aliphatic rings. The van der Waals surface area contributed by atoms with E-state index in [1.165, 1.54) is 0 Å². The molecular formula is C12H12BrN3O3. The Hall–Kier alpha value is -1.65. The number of carboxylic acid groups (broad SMARTS) is 1. The molecule has 0 bridgehead atoms. The Labute approximate surface area is 118 Å². The van der Waals surface area contributed by atoms with Crippen LogP contribution >= 0.6 is 15.9 Å². The molecule has 0 spiro atoms. The van der Waals surface area contributed by atoms with Gasteiger partial charge in [0.15, 0.2) is 0 Å². The first-order valence-corrected chi connectivity index (χ1v) is 6.50. The van der Waals surface area contributed by atoms with Crippen LogP contribution in [0, 0.1) is 6.57 Å². The van der Waals surface area contributed by atoms with Crippen molar-refractivity contribution < 1.29 is 14.6 Å². The molecule has 100 valence electrons. The van der Waals surface area contributed by atoms with Gasteiger partial charge in [0.2, 0.25) is 0 Å². The van der Waals surface area contributed by atoms with Crippen molar-refractivity contribution in [1.82, 2.24) is 4.98 Å². The molecule has 7 heteroatoms. The molecule has 2 rings (SSSR count). The van der Waals surface area contributed by atoms with E-state index in [0.717, 1.165) is 4.47 Å². The number of hydrogen-bond donors (Lipinski definition) is 1. The molecule has 2 heterocycles. The summed E-state index contributed by atoms with van der Waals surface area (Å²) in [7, 11) is 0. The maximum absolute atomic E-state index is 10.9. The Morgan fingerprint density at radius 3 is 3.21 bits per heavy atom. The third-order valence-corrected chi connectivity index (χ3v) is 3.30. The first kappa shape index (κ1) is 13.8. The van der Waals surface area contributed by atoms with Crippen LogP contribution in [0.4, 0.5) is 11.5 Å². The fourth-order valence-electron chi connectivity index (χ4n) is 2.06. The largest absolute Gasteiger partial charge is 0.481 e. The van der Waals surface area contributed by atoms with Crippen molar-refractivity contribution in [2.24, 2.45) is 0 Å². The minimum Gasteiger partial charge on any atom is -0.481 e. The summed E-state index contributed by atoms with van der Waals surface area (Å²) in [6.45, 7) is 8.57. The molecule has 1 saturated heterocycles. The van der Waals surface area contributed by atoms with Crippen molar-refractivity contribution in [1.29, 1.82) is 0 Å². The van der Waals surface area contributed by atoms with Gasteiger partial charge in [0, 0.05) is 6.54 Å². The van der Waals surface area contributed by atoms with Gasteiger partial charge in [0.1, 0.15) is 6.20 Å². The highest BCUT2D eigenvalue weighted by Crippen LogP contribution is 2.32. The van der Waals surface area contributed by atoms with Crippen LogP contribution < -0.4 is 4.90 Å². The fraction of sp³-hybridized carbons (Fsp3) is 0.417. The molecule has 1 atom stereocenters. The summed E-state index contributed by atoms with van der Waals surface area (Å²) in [6, 6.07) is 1.52. The van der Waals surface area contributed by atoms with Crippen molar-refractivity contribution in [3.63, 3.8) is 0 Å². The van der Waals surface area contributed by atoms with Crippen LogP contribution in [-0.4, -0.2) is 41.9 Å². The number of hydrogen-bond acceptors (Lipinski definition) is 4.